The maximum absolute atomic E-state index is 5.66. The molecule has 2 heterocycles. The lowest BCUT2D eigenvalue weighted by Gasteiger charge is -2.37. The van der Waals surface area contributed by atoms with Gasteiger partial charge in [-0.3, -0.25) is 4.90 Å². The quantitative estimate of drug-likeness (QED) is 0.866. The predicted octanol–water partition coefficient (Wildman–Crippen LogP) is 3.45. The summed E-state index contributed by atoms with van der Waals surface area (Å²) in [6.07, 6.45) is 2.31. The van der Waals surface area contributed by atoms with Gasteiger partial charge in [-0.2, -0.15) is 0 Å². The van der Waals surface area contributed by atoms with Gasteiger partial charge in [-0.05, 0) is 38.8 Å². The molecule has 1 aromatic carbocycles. The van der Waals surface area contributed by atoms with E-state index in [4.69, 9.17) is 4.42 Å². The van der Waals surface area contributed by atoms with E-state index in [1.807, 2.05) is 6.92 Å². The first-order valence-corrected chi connectivity index (χ1v) is 7.73. The third kappa shape index (κ3) is 3.16. The van der Waals surface area contributed by atoms with E-state index in [9.17, 15) is 0 Å². The van der Waals surface area contributed by atoms with Crippen molar-refractivity contribution < 1.29 is 4.42 Å². The molecule has 1 aliphatic rings. The Morgan fingerprint density at radius 1 is 1.19 bits per heavy atom. The van der Waals surface area contributed by atoms with E-state index >= 15 is 0 Å². The highest BCUT2D eigenvalue weighted by atomic mass is 16.4. The minimum Gasteiger partial charge on any atom is -0.425 e. The average molecular weight is 285 g/mol. The van der Waals surface area contributed by atoms with E-state index in [0.717, 1.165) is 25.4 Å². The molecule has 0 N–H and O–H groups in total. The second-order valence-electron chi connectivity index (χ2n) is 6.10. The fourth-order valence-electron chi connectivity index (χ4n) is 3.16. The number of benzene rings is 1. The highest BCUT2D eigenvalue weighted by molar-refractivity contribution is 5.21. The fraction of sp³-hybridized carbons (Fsp3) is 0.529. The Morgan fingerprint density at radius 2 is 1.95 bits per heavy atom. The van der Waals surface area contributed by atoms with Crippen LogP contribution in [0.3, 0.4) is 0 Å². The summed E-state index contributed by atoms with van der Waals surface area (Å²) < 4.78 is 5.66. The van der Waals surface area contributed by atoms with E-state index in [-0.39, 0.29) is 0 Å². The maximum Gasteiger partial charge on any atom is 0.221 e. The summed E-state index contributed by atoms with van der Waals surface area (Å²) in [6, 6.07) is 9.25. The van der Waals surface area contributed by atoms with Gasteiger partial charge in [0.05, 0.1) is 5.92 Å². The Labute approximate surface area is 126 Å². The highest BCUT2D eigenvalue weighted by Gasteiger charge is 2.32. The smallest absolute Gasteiger partial charge is 0.221 e. The molecule has 1 fully saturated rings. The van der Waals surface area contributed by atoms with Crippen LogP contribution in [0.2, 0.25) is 0 Å². The average Bonchev–Trinajstić information content (AvgIpc) is 2.90. The predicted molar refractivity (Wildman–Crippen MR) is 82.1 cm³/mol. The van der Waals surface area contributed by atoms with Crippen molar-refractivity contribution in [1.82, 2.24) is 15.1 Å². The topological polar surface area (TPSA) is 42.2 Å². The molecular weight excluding hydrogens is 262 g/mol. The van der Waals surface area contributed by atoms with Gasteiger partial charge in [0.25, 0.3) is 0 Å². The Bertz CT molecular complexity index is 590. The third-order valence-corrected chi connectivity index (χ3v) is 4.48. The summed E-state index contributed by atoms with van der Waals surface area (Å²) in [6.45, 7) is 8.39. The van der Waals surface area contributed by atoms with Crippen molar-refractivity contribution in [3.8, 4) is 0 Å². The van der Waals surface area contributed by atoms with Crippen molar-refractivity contribution in [2.45, 2.75) is 52.1 Å². The molecule has 21 heavy (non-hydrogen) atoms. The molecule has 0 radical (unpaired) electrons. The molecule has 1 saturated heterocycles. The highest BCUT2D eigenvalue weighted by Crippen LogP contribution is 2.32. The zero-order valence-corrected chi connectivity index (χ0v) is 13.0. The van der Waals surface area contributed by atoms with Crippen LogP contribution in [0, 0.1) is 13.8 Å². The lowest BCUT2D eigenvalue weighted by atomic mass is 9.89. The lowest BCUT2D eigenvalue weighted by Crippen LogP contribution is -2.41. The minimum absolute atomic E-state index is 0.352. The minimum atomic E-state index is 0.352. The SMILES string of the molecule is Cc1ccc(CN2CCC[C@H](c3nnc(C)o3)[C@@H]2C)cc1. The van der Waals surface area contributed by atoms with Gasteiger partial charge in [-0.1, -0.05) is 29.8 Å². The van der Waals surface area contributed by atoms with Crippen LogP contribution in [0.25, 0.3) is 0 Å². The number of hydrogen-bond donors (Lipinski definition) is 0. The molecule has 4 heteroatoms. The van der Waals surface area contributed by atoms with Crippen molar-refractivity contribution in [3.63, 3.8) is 0 Å². The summed E-state index contributed by atoms with van der Waals surface area (Å²) in [7, 11) is 0. The molecule has 0 spiro atoms. The van der Waals surface area contributed by atoms with E-state index in [2.05, 4.69) is 53.2 Å². The number of likely N-dealkylation sites (tertiary alicyclic amines) is 1. The molecule has 1 aliphatic heterocycles. The fourth-order valence-corrected chi connectivity index (χ4v) is 3.16. The first-order valence-electron chi connectivity index (χ1n) is 7.73. The zero-order valence-electron chi connectivity index (χ0n) is 13.0. The van der Waals surface area contributed by atoms with Gasteiger partial charge in [-0.25, -0.2) is 0 Å². The van der Waals surface area contributed by atoms with Crippen molar-refractivity contribution in [2.24, 2.45) is 0 Å². The van der Waals surface area contributed by atoms with Gasteiger partial charge in [0.2, 0.25) is 11.8 Å². The van der Waals surface area contributed by atoms with Crippen LogP contribution in [0.15, 0.2) is 28.7 Å². The number of hydrogen-bond acceptors (Lipinski definition) is 4. The lowest BCUT2D eigenvalue weighted by molar-refractivity contribution is 0.119. The Kier molecular flexibility index (Phi) is 4.06. The summed E-state index contributed by atoms with van der Waals surface area (Å²) in [5.74, 6) is 1.81. The van der Waals surface area contributed by atoms with Crippen molar-refractivity contribution >= 4 is 0 Å². The van der Waals surface area contributed by atoms with Crippen LogP contribution in [0.4, 0.5) is 0 Å². The van der Waals surface area contributed by atoms with Crippen LogP contribution in [0.5, 0.6) is 0 Å². The van der Waals surface area contributed by atoms with Crippen LogP contribution in [-0.4, -0.2) is 27.7 Å². The van der Waals surface area contributed by atoms with Gasteiger partial charge in [0, 0.05) is 19.5 Å². The van der Waals surface area contributed by atoms with Crippen LogP contribution >= 0.6 is 0 Å². The molecular formula is C17H23N3O. The van der Waals surface area contributed by atoms with Crippen LogP contribution in [0.1, 0.15) is 48.6 Å². The Balaban J connectivity index is 1.72. The molecule has 0 bridgehead atoms. The van der Waals surface area contributed by atoms with Crippen molar-refractivity contribution in [1.29, 1.82) is 0 Å². The Hall–Kier alpha value is -1.68. The van der Waals surface area contributed by atoms with Gasteiger partial charge >= 0.3 is 0 Å². The molecule has 4 nitrogen and oxygen atoms in total. The number of piperidine rings is 1. The first kappa shape index (κ1) is 14.3. The standard InChI is InChI=1S/C17H23N3O/c1-12-6-8-15(9-7-12)11-20-10-4-5-16(13(20)2)17-19-18-14(3)21-17/h6-9,13,16H,4-5,10-11H2,1-3H3/t13-,16-/m0/s1. The number of rotatable bonds is 3. The summed E-state index contributed by atoms with van der Waals surface area (Å²) >= 11 is 0. The third-order valence-electron chi connectivity index (χ3n) is 4.48. The summed E-state index contributed by atoms with van der Waals surface area (Å²) in [4.78, 5) is 2.53. The van der Waals surface area contributed by atoms with E-state index in [0.29, 0.717) is 17.9 Å². The normalized spacial score (nSPS) is 23.4. The van der Waals surface area contributed by atoms with Crippen LogP contribution < -0.4 is 0 Å². The zero-order chi connectivity index (χ0) is 14.8. The second-order valence-corrected chi connectivity index (χ2v) is 6.10. The van der Waals surface area contributed by atoms with Crippen molar-refractivity contribution in [3.05, 3.63) is 47.2 Å². The molecule has 1 aromatic heterocycles. The maximum atomic E-state index is 5.66. The Morgan fingerprint density at radius 3 is 2.62 bits per heavy atom. The molecule has 3 rings (SSSR count). The van der Waals surface area contributed by atoms with Gasteiger partial charge < -0.3 is 4.42 Å². The van der Waals surface area contributed by atoms with E-state index in [1.165, 1.54) is 17.5 Å². The molecule has 112 valence electrons. The van der Waals surface area contributed by atoms with Crippen molar-refractivity contribution in [2.75, 3.05) is 6.54 Å². The molecule has 0 unspecified atom stereocenters. The summed E-state index contributed by atoms with van der Waals surface area (Å²) in [5.41, 5.74) is 2.68. The van der Waals surface area contributed by atoms with Gasteiger partial charge in [0.1, 0.15) is 0 Å². The van der Waals surface area contributed by atoms with Crippen LogP contribution in [-0.2, 0) is 6.54 Å². The second kappa shape index (κ2) is 5.98. The molecule has 0 saturated carbocycles. The van der Waals surface area contributed by atoms with Gasteiger partial charge in [-0.15, -0.1) is 10.2 Å². The number of aromatic nitrogens is 2. The molecule has 0 amide bonds. The monoisotopic (exact) mass is 285 g/mol. The van der Waals surface area contributed by atoms with E-state index in [1.54, 1.807) is 0 Å². The number of aryl methyl sites for hydroxylation is 2. The summed E-state index contributed by atoms with van der Waals surface area (Å²) in [5, 5.41) is 8.21. The molecule has 2 aromatic rings. The van der Waals surface area contributed by atoms with E-state index < -0.39 is 0 Å². The molecule has 2 atom stereocenters. The number of nitrogens with zero attached hydrogens (tertiary/aromatic N) is 3. The first-order chi connectivity index (χ1) is 10.1. The van der Waals surface area contributed by atoms with Gasteiger partial charge in [0.15, 0.2) is 0 Å². The largest absolute Gasteiger partial charge is 0.425 e. The molecule has 0 aliphatic carbocycles.